The van der Waals surface area contributed by atoms with Crippen LogP contribution in [0.15, 0.2) is 29.3 Å². The number of benzene rings is 1. The summed E-state index contributed by atoms with van der Waals surface area (Å²) in [5.41, 5.74) is 1.00. The van der Waals surface area contributed by atoms with E-state index in [9.17, 15) is 4.39 Å². The van der Waals surface area contributed by atoms with Gasteiger partial charge in [-0.25, -0.2) is 4.39 Å². The number of rotatable bonds is 3. The summed E-state index contributed by atoms with van der Waals surface area (Å²) in [5.74, 6) is 0.688. The first-order chi connectivity index (χ1) is 7.84. The van der Waals surface area contributed by atoms with Crippen molar-refractivity contribution in [1.82, 2.24) is 10.6 Å². The van der Waals surface area contributed by atoms with Gasteiger partial charge >= 0.3 is 0 Å². The predicted molar refractivity (Wildman–Crippen MR) is 63.0 cm³/mol. The summed E-state index contributed by atoms with van der Waals surface area (Å²) < 4.78 is 12.9. The summed E-state index contributed by atoms with van der Waals surface area (Å²) >= 11 is 0. The second kappa shape index (κ2) is 5.49. The Hall–Kier alpha value is -1.58. The highest BCUT2D eigenvalue weighted by Crippen LogP contribution is 2.03. The summed E-state index contributed by atoms with van der Waals surface area (Å²) in [6.45, 7) is 2.64. The van der Waals surface area contributed by atoms with Gasteiger partial charge in [-0.05, 0) is 30.5 Å². The van der Waals surface area contributed by atoms with Crippen LogP contribution in [0.2, 0.25) is 0 Å². The van der Waals surface area contributed by atoms with E-state index in [4.69, 9.17) is 0 Å². The third kappa shape index (κ3) is 3.22. The number of halogens is 1. The Morgan fingerprint density at radius 2 is 2.38 bits per heavy atom. The summed E-state index contributed by atoms with van der Waals surface area (Å²) in [7, 11) is 0. The van der Waals surface area contributed by atoms with Crippen molar-refractivity contribution < 1.29 is 4.39 Å². The fraction of sp³-hybridized carbons (Fsp3) is 0.417. The van der Waals surface area contributed by atoms with Crippen LogP contribution in [0.3, 0.4) is 0 Å². The van der Waals surface area contributed by atoms with Crippen LogP contribution in [-0.2, 0) is 6.42 Å². The van der Waals surface area contributed by atoms with Gasteiger partial charge in [0.1, 0.15) is 5.82 Å². The zero-order valence-corrected chi connectivity index (χ0v) is 9.17. The van der Waals surface area contributed by atoms with Gasteiger partial charge in [0.05, 0.1) is 0 Å². The molecule has 0 amide bonds. The van der Waals surface area contributed by atoms with E-state index in [1.54, 1.807) is 12.1 Å². The van der Waals surface area contributed by atoms with Crippen LogP contribution < -0.4 is 10.6 Å². The average Bonchev–Trinajstić information content (AvgIpc) is 2.30. The molecule has 2 rings (SSSR count). The first kappa shape index (κ1) is 10.9. The number of aliphatic imine (C=N–C) groups is 1. The topological polar surface area (TPSA) is 36.4 Å². The van der Waals surface area contributed by atoms with Gasteiger partial charge in [-0.3, -0.25) is 4.99 Å². The molecular formula is C12H16FN3. The molecule has 0 aromatic heterocycles. The zero-order chi connectivity index (χ0) is 11.2. The van der Waals surface area contributed by atoms with Crippen molar-refractivity contribution in [1.29, 1.82) is 0 Å². The molecule has 1 aromatic carbocycles. The lowest BCUT2D eigenvalue weighted by molar-refractivity contribution is 0.624. The Kier molecular flexibility index (Phi) is 3.75. The van der Waals surface area contributed by atoms with E-state index >= 15 is 0 Å². The number of nitrogens with one attached hydrogen (secondary N) is 2. The Morgan fingerprint density at radius 1 is 1.44 bits per heavy atom. The van der Waals surface area contributed by atoms with Gasteiger partial charge in [0, 0.05) is 19.6 Å². The van der Waals surface area contributed by atoms with Crippen LogP contribution in [0, 0.1) is 5.82 Å². The highest BCUT2D eigenvalue weighted by atomic mass is 19.1. The Labute approximate surface area is 94.8 Å². The minimum atomic E-state index is -0.175. The molecule has 1 aliphatic rings. The molecule has 0 aliphatic carbocycles. The van der Waals surface area contributed by atoms with Crippen LogP contribution in [0.4, 0.5) is 4.39 Å². The van der Waals surface area contributed by atoms with Crippen molar-refractivity contribution in [3.05, 3.63) is 35.6 Å². The van der Waals surface area contributed by atoms with E-state index in [-0.39, 0.29) is 5.82 Å². The molecule has 0 radical (unpaired) electrons. The van der Waals surface area contributed by atoms with Crippen molar-refractivity contribution in [2.45, 2.75) is 12.8 Å². The lowest BCUT2D eigenvalue weighted by Gasteiger charge is -2.15. The van der Waals surface area contributed by atoms with E-state index in [1.807, 2.05) is 6.07 Å². The Morgan fingerprint density at radius 3 is 3.12 bits per heavy atom. The second-order valence-electron chi connectivity index (χ2n) is 3.82. The average molecular weight is 221 g/mol. The summed E-state index contributed by atoms with van der Waals surface area (Å²) in [6, 6.07) is 6.70. The van der Waals surface area contributed by atoms with Gasteiger partial charge < -0.3 is 10.6 Å². The minimum Gasteiger partial charge on any atom is -0.356 e. The van der Waals surface area contributed by atoms with Gasteiger partial charge in [0.15, 0.2) is 5.96 Å². The SMILES string of the molecule is Fc1cccc(CCNC2=NCCCN2)c1. The maximum atomic E-state index is 12.9. The summed E-state index contributed by atoms with van der Waals surface area (Å²) in [5, 5.41) is 6.39. The Balaban J connectivity index is 1.77. The van der Waals surface area contributed by atoms with Gasteiger partial charge in [0.2, 0.25) is 0 Å². The smallest absolute Gasteiger partial charge is 0.191 e. The van der Waals surface area contributed by atoms with Crippen LogP contribution in [0.1, 0.15) is 12.0 Å². The van der Waals surface area contributed by atoms with Crippen LogP contribution in [-0.4, -0.2) is 25.6 Å². The maximum absolute atomic E-state index is 12.9. The van der Waals surface area contributed by atoms with E-state index < -0.39 is 0 Å². The monoisotopic (exact) mass is 221 g/mol. The number of nitrogens with zero attached hydrogens (tertiary/aromatic N) is 1. The molecule has 1 heterocycles. The molecule has 0 atom stereocenters. The van der Waals surface area contributed by atoms with Crippen molar-refractivity contribution in [2.75, 3.05) is 19.6 Å². The van der Waals surface area contributed by atoms with Crippen LogP contribution >= 0.6 is 0 Å². The molecule has 0 bridgehead atoms. The van der Waals surface area contributed by atoms with E-state index in [0.29, 0.717) is 0 Å². The molecule has 0 saturated carbocycles. The van der Waals surface area contributed by atoms with E-state index in [2.05, 4.69) is 15.6 Å². The fourth-order valence-corrected chi connectivity index (χ4v) is 1.67. The fourth-order valence-electron chi connectivity index (χ4n) is 1.67. The summed E-state index contributed by atoms with van der Waals surface area (Å²) in [4.78, 5) is 4.30. The van der Waals surface area contributed by atoms with Crippen molar-refractivity contribution in [3.63, 3.8) is 0 Å². The molecule has 0 unspecified atom stereocenters. The van der Waals surface area contributed by atoms with Gasteiger partial charge in [-0.15, -0.1) is 0 Å². The van der Waals surface area contributed by atoms with Crippen LogP contribution in [0.5, 0.6) is 0 Å². The third-order valence-electron chi connectivity index (χ3n) is 2.49. The van der Waals surface area contributed by atoms with Crippen molar-refractivity contribution >= 4 is 5.96 Å². The second-order valence-corrected chi connectivity index (χ2v) is 3.82. The molecule has 1 aliphatic heterocycles. The molecule has 0 saturated heterocycles. The molecular weight excluding hydrogens is 205 g/mol. The van der Waals surface area contributed by atoms with Gasteiger partial charge in [-0.2, -0.15) is 0 Å². The molecule has 1 aromatic rings. The quantitative estimate of drug-likeness (QED) is 0.807. The van der Waals surface area contributed by atoms with Gasteiger partial charge in [-0.1, -0.05) is 12.1 Å². The highest BCUT2D eigenvalue weighted by molar-refractivity contribution is 5.80. The van der Waals surface area contributed by atoms with E-state index in [1.165, 1.54) is 6.07 Å². The lowest BCUT2D eigenvalue weighted by Crippen LogP contribution is -2.41. The molecule has 3 nitrogen and oxygen atoms in total. The number of hydrogen-bond acceptors (Lipinski definition) is 3. The molecule has 16 heavy (non-hydrogen) atoms. The highest BCUT2D eigenvalue weighted by Gasteiger charge is 2.02. The lowest BCUT2D eigenvalue weighted by atomic mass is 10.1. The molecule has 0 spiro atoms. The van der Waals surface area contributed by atoms with Crippen molar-refractivity contribution in [2.24, 2.45) is 4.99 Å². The van der Waals surface area contributed by atoms with Gasteiger partial charge in [0.25, 0.3) is 0 Å². The van der Waals surface area contributed by atoms with Crippen LogP contribution in [0.25, 0.3) is 0 Å². The Bertz CT molecular complexity index is 376. The zero-order valence-electron chi connectivity index (χ0n) is 9.17. The maximum Gasteiger partial charge on any atom is 0.191 e. The number of hydrogen-bond donors (Lipinski definition) is 2. The molecule has 86 valence electrons. The van der Waals surface area contributed by atoms with Crippen molar-refractivity contribution in [3.8, 4) is 0 Å². The van der Waals surface area contributed by atoms with E-state index in [0.717, 1.165) is 44.0 Å². The minimum absolute atomic E-state index is 0.175. The first-order valence-corrected chi connectivity index (χ1v) is 5.61. The number of guanidine groups is 1. The standard InChI is InChI=1S/C12H16FN3/c13-11-4-1-3-10(9-11)5-8-16-12-14-6-2-7-15-12/h1,3-4,9H,2,5-8H2,(H2,14,15,16). The third-order valence-corrected chi connectivity index (χ3v) is 2.49. The molecule has 0 fully saturated rings. The molecule has 2 N–H and O–H groups in total. The normalized spacial score (nSPS) is 15.2. The predicted octanol–water partition coefficient (Wildman–Crippen LogP) is 1.31. The largest absolute Gasteiger partial charge is 0.356 e. The first-order valence-electron chi connectivity index (χ1n) is 5.61. The summed E-state index contributed by atoms with van der Waals surface area (Å²) in [6.07, 6.45) is 1.90. The molecule has 4 heteroatoms.